The lowest BCUT2D eigenvalue weighted by atomic mass is 10.0. The van der Waals surface area contributed by atoms with Crippen LogP contribution >= 0.6 is 11.6 Å². The lowest BCUT2D eigenvalue weighted by molar-refractivity contribution is 0.0999. The van der Waals surface area contributed by atoms with Crippen LogP contribution in [0.5, 0.6) is 0 Å². The zero-order chi connectivity index (χ0) is 20.8. The summed E-state index contributed by atoms with van der Waals surface area (Å²) in [7, 11) is 0. The molecule has 0 unspecified atom stereocenters. The van der Waals surface area contributed by atoms with Gasteiger partial charge in [0.05, 0.1) is 24.6 Å². The number of fused-ring (bicyclic) bond motifs is 3. The van der Waals surface area contributed by atoms with Crippen molar-refractivity contribution in [2.45, 2.75) is 13.3 Å². The van der Waals surface area contributed by atoms with Gasteiger partial charge in [0, 0.05) is 46.9 Å². The van der Waals surface area contributed by atoms with E-state index < -0.39 is 5.91 Å². The molecule has 5 rings (SSSR count). The van der Waals surface area contributed by atoms with Gasteiger partial charge < -0.3 is 15.4 Å². The van der Waals surface area contributed by atoms with E-state index in [1.807, 2.05) is 25.1 Å². The van der Waals surface area contributed by atoms with Crippen LogP contribution in [-0.4, -0.2) is 37.2 Å². The van der Waals surface area contributed by atoms with E-state index in [0.717, 1.165) is 59.9 Å². The average molecular weight is 420 g/mol. The van der Waals surface area contributed by atoms with E-state index in [4.69, 9.17) is 27.1 Å². The highest BCUT2D eigenvalue weighted by molar-refractivity contribution is 6.31. The molecule has 1 aliphatic heterocycles. The number of nitrogens with two attached hydrogens (primary N) is 1. The molecule has 2 aliphatic rings. The molecule has 3 aromatic rings. The predicted octanol–water partition coefficient (Wildman–Crippen LogP) is 4.22. The van der Waals surface area contributed by atoms with Crippen LogP contribution in [0.2, 0.25) is 5.02 Å². The van der Waals surface area contributed by atoms with Gasteiger partial charge in [-0.25, -0.2) is 4.98 Å². The molecule has 0 spiro atoms. The van der Waals surface area contributed by atoms with Crippen LogP contribution < -0.4 is 10.6 Å². The van der Waals surface area contributed by atoms with Crippen molar-refractivity contribution in [3.63, 3.8) is 0 Å². The smallest absolute Gasteiger partial charge is 0.249 e. The van der Waals surface area contributed by atoms with Crippen molar-refractivity contribution in [3.05, 3.63) is 69.7 Å². The average Bonchev–Trinajstić information content (AvgIpc) is 3.13. The molecule has 1 aliphatic carbocycles. The number of halogens is 1. The Balaban J connectivity index is 1.60. The third-order valence-electron chi connectivity index (χ3n) is 5.93. The first-order valence-corrected chi connectivity index (χ1v) is 10.5. The molecular weight excluding hydrogens is 398 g/mol. The molecule has 1 saturated heterocycles. The number of carbonyl (C=O) groups is 1. The molecule has 152 valence electrons. The lowest BCUT2D eigenvalue weighted by Crippen LogP contribution is -2.36. The molecule has 0 atom stereocenters. The number of morpholine rings is 1. The Morgan fingerprint density at radius 3 is 2.67 bits per heavy atom. The fourth-order valence-electron chi connectivity index (χ4n) is 4.31. The fraction of sp³-hybridized carbons (Fsp3) is 0.250. The number of nitrogens with zero attached hydrogens (tertiary/aromatic N) is 2. The molecule has 1 fully saturated rings. The maximum atomic E-state index is 12.3. The van der Waals surface area contributed by atoms with Gasteiger partial charge in [0.25, 0.3) is 0 Å². The standard InChI is InChI=1S/C24H22ClN3O2/c1-14-10-15(2-5-21(14)25)22-13-20(24(26)29)19-12-16-11-17(28-6-8-30-9-7-28)3-4-18(16)23(19)27-22/h2-5,10-11,13H,6-9,12H2,1H3,(H2,26,29). The molecule has 0 saturated carbocycles. The molecule has 5 nitrogen and oxygen atoms in total. The minimum Gasteiger partial charge on any atom is -0.378 e. The minimum atomic E-state index is -0.429. The third kappa shape index (κ3) is 3.24. The fourth-order valence-corrected chi connectivity index (χ4v) is 4.43. The number of ether oxygens (including phenoxy) is 1. The van der Waals surface area contributed by atoms with Crippen molar-refractivity contribution >= 4 is 23.2 Å². The second kappa shape index (κ2) is 7.42. The van der Waals surface area contributed by atoms with E-state index >= 15 is 0 Å². The number of carbonyl (C=O) groups excluding carboxylic acids is 1. The van der Waals surface area contributed by atoms with Gasteiger partial charge in [0.1, 0.15) is 0 Å². The molecular formula is C24H22ClN3O2. The Bertz CT molecular complexity index is 1170. The highest BCUT2D eigenvalue weighted by Crippen LogP contribution is 2.40. The second-order valence-corrected chi connectivity index (χ2v) is 8.24. The maximum Gasteiger partial charge on any atom is 0.249 e. The summed E-state index contributed by atoms with van der Waals surface area (Å²) in [5, 5.41) is 0.705. The van der Waals surface area contributed by atoms with E-state index in [2.05, 4.69) is 23.1 Å². The van der Waals surface area contributed by atoms with E-state index in [0.29, 0.717) is 17.0 Å². The lowest BCUT2D eigenvalue weighted by Gasteiger charge is -2.29. The first-order valence-electron chi connectivity index (χ1n) is 10.1. The molecule has 0 radical (unpaired) electrons. The minimum absolute atomic E-state index is 0.429. The van der Waals surface area contributed by atoms with Crippen molar-refractivity contribution < 1.29 is 9.53 Å². The van der Waals surface area contributed by atoms with Gasteiger partial charge in [-0.05, 0) is 53.9 Å². The first kappa shape index (κ1) is 19.1. The van der Waals surface area contributed by atoms with Gasteiger partial charge in [-0.3, -0.25) is 4.79 Å². The van der Waals surface area contributed by atoms with Crippen LogP contribution in [0.15, 0.2) is 42.5 Å². The third-order valence-corrected chi connectivity index (χ3v) is 6.35. The molecule has 2 aromatic carbocycles. The van der Waals surface area contributed by atoms with E-state index in [1.165, 1.54) is 11.3 Å². The Morgan fingerprint density at radius 1 is 1.13 bits per heavy atom. The zero-order valence-corrected chi connectivity index (χ0v) is 17.5. The Hall–Kier alpha value is -2.89. The number of primary amides is 1. The number of amides is 1. The van der Waals surface area contributed by atoms with Crippen LogP contribution in [-0.2, 0) is 11.2 Å². The van der Waals surface area contributed by atoms with Crippen LogP contribution in [0.25, 0.3) is 22.5 Å². The highest BCUT2D eigenvalue weighted by Gasteiger charge is 2.27. The first-order chi connectivity index (χ1) is 14.5. The van der Waals surface area contributed by atoms with Crippen LogP contribution in [0, 0.1) is 6.92 Å². The van der Waals surface area contributed by atoms with Crippen LogP contribution in [0.3, 0.4) is 0 Å². The quantitative estimate of drug-likeness (QED) is 0.540. The SMILES string of the molecule is Cc1cc(-c2cc(C(N)=O)c3c(n2)-c2ccc(N4CCOCC4)cc2C3)ccc1Cl. The van der Waals surface area contributed by atoms with Crippen molar-refractivity contribution in [3.8, 4) is 22.5 Å². The number of anilines is 1. The molecule has 2 heterocycles. The van der Waals surface area contributed by atoms with Crippen molar-refractivity contribution in [1.82, 2.24) is 4.98 Å². The van der Waals surface area contributed by atoms with Gasteiger partial charge in [0.2, 0.25) is 5.91 Å². The number of hydrogen-bond acceptors (Lipinski definition) is 4. The van der Waals surface area contributed by atoms with Crippen molar-refractivity contribution in [2.75, 3.05) is 31.2 Å². The van der Waals surface area contributed by atoms with Gasteiger partial charge in [-0.1, -0.05) is 23.7 Å². The summed E-state index contributed by atoms with van der Waals surface area (Å²) in [6.07, 6.45) is 0.661. The number of benzene rings is 2. The van der Waals surface area contributed by atoms with Gasteiger partial charge in [-0.2, -0.15) is 0 Å². The summed E-state index contributed by atoms with van der Waals surface area (Å²) in [4.78, 5) is 19.5. The number of hydrogen-bond donors (Lipinski definition) is 1. The second-order valence-electron chi connectivity index (χ2n) is 7.83. The normalized spacial score (nSPS) is 15.1. The summed E-state index contributed by atoms with van der Waals surface area (Å²) in [6.45, 7) is 5.22. The topological polar surface area (TPSA) is 68.5 Å². The van der Waals surface area contributed by atoms with Crippen molar-refractivity contribution in [2.24, 2.45) is 5.73 Å². The van der Waals surface area contributed by atoms with Gasteiger partial charge in [-0.15, -0.1) is 0 Å². The van der Waals surface area contributed by atoms with E-state index in [-0.39, 0.29) is 0 Å². The van der Waals surface area contributed by atoms with Crippen LogP contribution in [0.4, 0.5) is 5.69 Å². The monoisotopic (exact) mass is 419 g/mol. The largest absolute Gasteiger partial charge is 0.378 e. The molecule has 6 heteroatoms. The summed E-state index contributed by atoms with van der Waals surface area (Å²) in [6, 6.07) is 14.0. The Kier molecular flexibility index (Phi) is 4.72. The zero-order valence-electron chi connectivity index (χ0n) is 16.7. The predicted molar refractivity (Wildman–Crippen MR) is 119 cm³/mol. The molecule has 0 bridgehead atoms. The Labute approximate surface area is 180 Å². The number of aromatic nitrogens is 1. The van der Waals surface area contributed by atoms with Crippen molar-refractivity contribution in [1.29, 1.82) is 0 Å². The molecule has 30 heavy (non-hydrogen) atoms. The van der Waals surface area contributed by atoms with Gasteiger partial charge in [0.15, 0.2) is 0 Å². The molecule has 1 amide bonds. The number of aryl methyl sites for hydroxylation is 1. The highest BCUT2D eigenvalue weighted by atomic mass is 35.5. The summed E-state index contributed by atoms with van der Waals surface area (Å²) < 4.78 is 5.47. The summed E-state index contributed by atoms with van der Waals surface area (Å²) >= 11 is 6.18. The Morgan fingerprint density at radius 2 is 1.93 bits per heavy atom. The van der Waals surface area contributed by atoms with E-state index in [9.17, 15) is 4.79 Å². The van der Waals surface area contributed by atoms with Gasteiger partial charge >= 0.3 is 0 Å². The molecule has 1 aromatic heterocycles. The number of pyridine rings is 1. The summed E-state index contributed by atoms with van der Waals surface area (Å²) in [5.74, 6) is -0.429. The number of rotatable bonds is 3. The molecule has 2 N–H and O–H groups in total. The van der Waals surface area contributed by atoms with Crippen LogP contribution in [0.1, 0.15) is 27.0 Å². The summed E-state index contributed by atoms with van der Waals surface area (Å²) in [5.41, 5.74) is 14.1. The maximum absolute atomic E-state index is 12.3. The van der Waals surface area contributed by atoms with E-state index in [1.54, 1.807) is 6.07 Å².